The van der Waals surface area contributed by atoms with E-state index < -0.39 is 10.0 Å². The van der Waals surface area contributed by atoms with Crippen LogP contribution in [0, 0.1) is 5.82 Å². The number of rotatable bonds is 4. The molecule has 2 rings (SSSR count). The maximum absolute atomic E-state index is 13.2. The average molecular weight is 307 g/mol. The van der Waals surface area contributed by atoms with Gasteiger partial charge in [-0.2, -0.15) is 0 Å². The summed E-state index contributed by atoms with van der Waals surface area (Å²) in [5.41, 5.74) is 0.669. The van der Waals surface area contributed by atoms with E-state index in [0.717, 1.165) is 19.4 Å². The van der Waals surface area contributed by atoms with Gasteiger partial charge in [-0.1, -0.05) is 11.6 Å². The molecular weight excluding hydrogens is 291 g/mol. The Hall–Kier alpha value is -0.690. The van der Waals surface area contributed by atoms with Gasteiger partial charge in [0.2, 0.25) is 10.0 Å². The van der Waals surface area contributed by atoms with Gasteiger partial charge in [0.25, 0.3) is 0 Å². The maximum Gasteiger partial charge on any atom is 0.210 e. The monoisotopic (exact) mass is 306 g/mol. The van der Waals surface area contributed by atoms with E-state index in [1.807, 2.05) is 4.90 Å². The van der Waals surface area contributed by atoms with E-state index >= 15 is 0 Å². The van der Waals surface area contributed by atoms with Crippen molar-refractivity contribution in [1.82, 2.24) is 4.90 Å². The highest BCUT2D eigenvalue weighted by Gasteiger charge is 2.28. The molecule has 1 aliphatic rings. The number of sulfonamides is 1. The summed E-state index contributed by atoms with van der Waals surface area (Å²) in [6, 6.07) is 4.08. The van der Waals surface area contributed by atoms with Crippen LogP contribution in [0.3, 0.4) is 0 Å². The van der Waals surface area contributed by atoms with E-state index in [-0.39, 0.29) is 17.6 Å². The molecule has 0 radical (unpaired) electrons. The molecule has 0 spiro atoms. The molecule has 0 bridgehead atoms. The molecule has 1 aromatic carbocycles. The Morgan fingerprint density at radius 2 is 2.21 bits per heavy atom. The molecule has 0 aliphatic carbocycles. The summed E-state index contributed by atoms with van der Waals surface area (Å²) in [7, 11) is -3.50. The number of hydrogen-bond donors (Lipinski definition) is 1. The summed E-state index contributed by atoms with van der Waals surface area (Å²) >= 11 is 6.02. The molecule has 1 aromatic rings. The fourth-order valence-corrected chi connectivity index (χ4v) is 3.53. The van der Waals surface area contributed by atoms with Crippen LogP contribution in [-0.2, 0) is 16.6 Å². The minimum atomic E-state index is -3.50. The molecule has 7 heteroatoms. The number of nitrogens with zero attached hydrogens (tertiary/aromatic N) is 1. The Morgan fingerprint density at radius 3 is 2.89 bits per heavy atom. The first kappa shape index (κ1) is 14.7. The molecule has 0 amide bonds. The van der Waals surface area contributed by atoms with Crippen molar-refractivity contribution in [2.24, 2.45) is 5.14 Å². The lowest BCUT2D eigenvalue weighted by Crippen LogP contribution is -2.37. The van der Waals surface area contributed by atoms with Crippen LogP contribution in [0.15, 0.2) is 18.2 Å². The predicted octanol–water partition coefficient (Wildman–Crippen LogP) is 1.73. The highest BCUT2D eigenvalue weighted by Crippen LogP contribution is 2.24. The molecule has 1 fully saturated rings. The van der Waals surface area contributed by atoms with E-state index in [4.69, 9.17) is 16.7 Å². The van der Waals surface area contributed by atoms with Crippen molar-refractivity contribution in [3.05, 3.63) is 34.6 Å². The second-order valence-electron chi connectivity index (χ2n) is 4.83. The zero-order valence-corrected chi connectivity index (χ0v) is 11.9. The number of hydrogen-bond acceptors (Lipinski definition) is 3. The minimum Gasteiger partial charge on any atom is -0.295 e. The van der Waals surface area contributed by atoms with E-state index in [9.17, 15) is 12.8 Å². The fourth-order valence-electron chi connectivity index (χ4n) is 2.44. The summed E-state index contributed by atoms with van der Waals surface area (Å²) in [6.45, 7) is 1.21. The van der Waals surface area contributed by atoms with Crippen molar-refractivity contribution >= 4 is 21.6 Å². The van der Waals surface area contributed by atoms with Crippen molar-refractivity contribution in [3.8, 4) is 0 Å². The van der Waals surface area contributed by atoms with Crippen LogP contribution in [0.25, 0.3) is 0 Å². The summed E-state index contributed by atoms with van der Waals surface area (Å²) < 4.78 is 35.5. The van der Waals surface area contributed by atoms with Gasteiger partial charge in [-0.25, -0.2) is 17.9 Å². The molecule has 106 valence electrons. The third-order valence-corrected chi connectivity index (χ3v) is 4.52. The molecule has 1 aliphatic heterocycles. The SMILES string of the molecule is NS(=O)(=O)C[C@@H]1CCCN1Cc1cc(F)ccc1Cl. The molecule has 0 saturated carbocycles. The van der Waals surface area contributed by atoms with Crippen LogP contribution >= 0.6 is 11.6 Å². The lowest BCUT2D eigenvalue weighted by Gasteiger charge is -2.24. The van der Waals surface area contributed by atoms with Crippen molar-refractivity contribution in [2.45, 2.75) is 25.4 Å². The normalized spacial score (nSPS) is 20.9. The second-order valence-corrected chi connectivity index (χ2v) is 6.90. The molecule has 0 aromatic heterocycles. The smallest absolute Gasteiger partial charge is 0.210 e. The molecule has 19 heavy (non-hydrogen) atoms. The van der Waals surface area contributed by atoms with Gasteiger partial charge in [-0.15, -0.1) is 0 Å². The Kier molecular flexibility index (Phi) is 4.45. The van der Waals surface area contributed by atoms with E-state index in [1.165, 1.54) is 18.2 Å². The second kappa shape index (κ2) is 5.75. The van der Waals surface area contributed by atoms with Gasteiger partial charge in [0.1, 0.15) is 5.82 Å². The Labute approximate surface area is 117 Å². The van der Waals surface area contributed by atoms with E-state index in [2.05, 4.69) is 0 Å². The lowest BCUT2D eigenvalue weighted by atomic mass is 10.2. The molecule has 1 atom stereocenters. The summed E-state index contributed by atoms with van der Waals surface area (Å²) in [4.78, 5) is 1.99. The van der Waals surface area contributed by atoms with Crippen molar-refractivity contribution < 1.29 is 12.8 Å². The zero-order chi connectivity index (χ0) is 14.0. The minimum absolute atomic E-state index is 0.0695. The number of benzene rings is 1. The van der Waals surface area contributed by atoms with E-state index in [0.29, 0.717) is 17.1 Å². The highest BCUT2D eigenvalue weighted by atomic mass is 35.5. The first-order valence-corrected chi connectivity index (χ1v) is 8.13. The van der Waals surface area contributed by atoms with Gasteiger partial charge < -0.3 is 0 Å². The average Bonchev–Trinajstić information content (AvgIpc) is 2.69. The Balaban J connectivity index is 2.11. The van der Waals surface area contributed by atoms with Crippen LogP contribution in [0.4, 0.5) is 4.39 Å². The molecule has 4 nitrogen and oxygen atoms in total. The summed E-state index contributed by atoms with van der Waals surface area (Å²) in [5.74, 6) is -0.415. The third-order valence-electron chi connectivity index (χ3n) is 3.30. The van der Waals surface area contributed by atoms with Crippen molar-refractivity contribution in [3.63, 3.8) is 0 Å². The fraction of sp³-hybridized carbons (Fsp3) is 0.500. The van der Waals surface area contributed by atoms with Crippen molar-refractivity contribution in [2.75, 3.05) is 12.3 Å². The van der Waals surface area contributed by atoms with Crippen LogP contribution in [0.5, 0.6) is 0 Å². The first-order chi connectivity index (χ1) is 8.85. The van der Waals surface area contributed by atoms with E-state index in [1.54, 1.807) is 0 Å². The Morgan fingerprint density at radius 1 is 1.47 bits per heavy atom. The number of likely N-dealkylation sites (tertiary alicyclic amines) is 1. The predicted molar refractivity (Wildman–Crippen MR) is 72.8 cm³/mol. The van der Waals surface area contributed by atoms with Gasteiger partial charge in [0.05, 0.1) is 5.75 Å². The first-order valence-electron chi connectivity index (χ1n) is 6.03. The number of nitrogens with two attached hydrogens (primary N) is 1. The van der Waals surface area contributed by atoms with Crippen LogP contribution in [-0.4, -0.2) is 31.7 Å². The molecule has 0 unspecified atom stereocenters. The van der Waals surface area contributed by atoms with Crippen LogP contribution in [0.2, 0.25) is 5.02 Å². The highest BCUT2D eigenvalue weighted by molar-refractivity contribution is 7.89. The molecule has 2 N–H and O–H groups in total. The van der Waals surface area contributed by atoms with Gasteiger partial charge in [0, 0.05) is 17.6 Å². The van der Waals surface area contributed by atoms with Crippen molar-refractivity contribution in [1.29, 1.82) is 0 Å². The summed E-state index contributed by atoms with van der Waals surface area (Å²) in [5, 5.41) is 5.57. The van der Waals surface area contributed by atoms with Gasteiger partial charge >= 0.3 is 0 Å². The molecular formula is C12H16ClFN2O2S. The Bertz CT molecular complexity index is 565. The van der Waals surface area contributed by atoms with Gasteiger partial charge in [-0.3, -0.25) is 4.90 Å². The molecule has 1 heterocycles. The van der Waals surface area contributed by atoms with Gasteiger partial charge in [0.15, 0.2) is 0 Å². The number of halogens is 2. The van der Waals surface area contributed by atoms with Crippen LogP contribution < -0.4 is 5.14 Å². The molecule has 1 saturated heterocycles. The maximum atomic E-state index is 13.2. The topological polar surface area (TPSA) is 63.4 Å². The lowest BCUT2D eigenvalue weighted by molar-refractivity contribution is 0.261. The standard InChI is InChI=1S/C12H16ClFN2O2S/c13-12-4-3-10(14)6-9(12)7-16-5-1-2-11(16)8-19(15,17)18/h3-4,6,11H,1-2,5,7-8H2,(H2,15,17,18)/t11-/m0/s1. The largest absolute Gasteiger partial charge is 0.295 e. The van der Waals surface area contributed by atoms with Gasteiger partial charge in [-0.05, 0) is 43.1 Å². The third kappa shape index (κ3) is 4.14. The van der Waals surface area contributed by atoms with Crippen LogP contribution in [0.1, 0.15) is 18.4 Å². The summed E-state index contributed by atoms with van der Waals surface area (Å²) in [6.07, 6.45) is 1.69. The zero-order valence-electron chi connectivity index (χ0n) is 10.4. The quantitative estimate of drug-likeness (QED) is 0.921. The number of primary sulfonamides is 1.